The van der Waals surface area contributed by atoms with Crippen molar-refractivity contribution in [1.29, 1.82) is 0 Å². The second-order valence-electron chi connectivity index (χ2n) is 8.12. The Balaban J connectivity index is 1.77. The number of hydrogen-bond donors (Lipinski definition) is 1. The summed E-state index contributed by atoms with van der Waals surface area (Å²) in [6, 6.07) is 11.4. The smallest absolute Gasteiger partial charge is 0.264 e. The second kappa shape index (κ2) is 11.4. The van der Waals surface area contributed by atoms with E-state index in [0.717, 1.165) is 35.9 Å². The molecule has 33 heavy (non-hydrogen) atoms. The Hall–Kier alpha value is -2.78. The number of nitrogens with one attached hydrogen (secondary N) is 1. The van der Waals surface area contributed by atoms with E-state index < -0.39 is 10.0 Å². The van der Waals surface area contributed by atoms with E-state index in [1.54, 1.807) is 12.1 Å². The predicted molar refractivity (Wildman–Crippen MR) is 129 cm³/mol. The molecule has 180 valence electrons. The quantitative estimate of drug-likeness (QED) is 0.503. The first-order valence-corrected chi connectivity index (χ1v) is 12.6. The molecule has 1 aliphatic rings. The zero-order valence-electron chi connectivity index (χ0n) is 19.5. The first-order valence-electron chi connectivity index (χ1n) is 11.2. The molecular formula is C24H33N3O5S. The van der Waals surface area contributed by atoms with Crippen LogP contribution in [0.3, 0.4) is 0 Å². The highest BCUT2D eigenvalue weighted by Gasteiger charge is 2.28. The molecule has 0 spiro atoms. The maximum atomic E-state index is 13.6. The summed E-state index contributed by atoms with van der Waals surface area (Å²) in [6.07, 6.45) is 3.29. The van der Waals surface area contributed by atoms with Crippen LogP contribution in [-0.2, 0) is 14.8 Å². The van der Waals surface area contributed by atoms with Gasteiger partial charge in [-0.25, -0.2) is 8.42 Å². The first kappa shape index (κ1) is 24.9. The summed E-state index contributed by atoms with van der Waals surface area (Å²) in [5, 5.41) is 2.87. The maximum Gasteiger partial charge on any atom is 0.264 e. The van der Waals surface area contributed by atoms with E-state index in [4.69, 9.17) is 9.47 Å². The normalized spacial score (nSPS) is 14.2. The van der Waals surface area contributed by atoms with Crippen LogP contribution in [0.1, 0.15) is 24.8 Å². The van der Waals surface area contributed by atoms with E-state index in [9.17, 15) is 13.2 Å². The molecule has 0 saturated carbocycles. The van der Waals surface area contributed by atoms with Crippen molar-refractivity contribution < 1.29 is 22.7 Å². The van der Waals surface area contributed by atoms with E-state index in [1.165, 1.54) is 45.3 Å². The van der Waals surface area contributed by atoms with Crippen molar-refractivity contribution in [3.05, 3.63) is 48.0 Å². The van der Waals surface area contributed by atoms with Gasteiger partial charge < -0.3 is 19.7 Å². The van der Waals surface area contributed by atoms with Gasteiger partial charge in [0, 0.05) is 12.6 Å². The highest BCUT2D eigenvalue weighted by molar-refractivity contribution is 7.92. The molecule has 1 N–H and O–H groups in total. The van der Waals surface area contributed by atoms with Crippen molar-refractivity contribution in [2.24, 2.45) is 0 Å². The number of nitrogens with zero attached hydrogens (tertiary/aromatic N) is 2. The zero-order chi connectivity index (χ0) is 23.8. The fourth-order valence-corrected chi connectivity index (χ4v) is 5.29. The topological polar surface area (TPSA) is 88.2 Å². The fraction of sp³-hybridized carbons (Fsp3) is 0.458. The van der Waals surface area contributed by atoms with Crippen LogP contribution in [0.2, 0.25) is 0 Å². The Morgan fingerprint density at radius 2 is 1.70 bits per heavy atom. The van der Waals surface area contributed by atoms with Gasteiger partial charge in [0.15, 0.2) is 11.5 Å². The Kier molecular flexibility index (Phi) is 8.57. The van der Waals surface area contributed by atoms with Gasteiger partial charge in [-0.2, -0.15) is 0 Å². The SMILES string of the molecule is COc1ccc(S(=O)(=O)N(CC(=O)NCCCN2CCCC2)c2ccc(C)cc2)cc1OC. The number of sulfonamides is 1. The first-order chi connectivity index (χ1) is 15.8. The molecule has 0 aliphatic carbocycles. The minimum atomic E-state index is -4.03. The van der Waals surface area contributed by atoms with Gasteiger partial charge in [0.1, 0.15) is 6.54 Å². The zero-order valence-corrected chi connectivity index (χ0v) is 20.4. The minimum absolute atomic E-state index is 0.0163. The number of amides is 1. The van der Waals surface area contributed by atoms with Gasteiger partial charge in [-0.1, -0.05) is 17.7 Å². The molecular weight excluding hydrogens is 442 g/mol. The van der Waals surface area contributed by atoms with E-state index in [1.807, 2.05) is 19.1 Å². The third-order valence-electron chi connectivity index (χ3n) is 5.72. The van der Waals surface area contributed by atoms with Gasteiger partial charge in [-0.3, -0.25) is 9.10 Å². The van der Waals surface area contributed by atoms with Crippen molar-refractivity contribution in [2.45, 2.75) is 31.1 Å². The number of carbonyl (C=O) groups excluding carboxylic acids is 1. The number of anilines is 1. The Morgan fingerprint density at radius 3 is 2.33 bits per heavy atom. The molecule has 0 bridgehead atoms. The van der Waals surface area contributed by atoms with Gasteiger partial charge in [0.25, 0.3) is 10.0 Å². The predicted octanol–water partition coefficient (Wildman–Crippen LogP) is 2.81. The minimum Gasteiger partial charge on any atom is -0.493 e. The number of rotatable bonds is 11. The molecule has 2 aromatic carbocycles. The van der Waals surface area contributed by atoms with E-state index in [2.05, 4.69) is 10.2 Å². The molecule has 0 aromatic heterocycles. The van der Waals surface area contributed by atoms with Crippen LogP contribution in [0, 0.1) is 6.92 Å². The van der Waals surface area contributed by atoms with Crippen molar-refractivity contribution in [2.75, 3.05) is 51.2 Å². The molecule has 3 rings (SSSR count). The Labute approximate surface area is 196 Å². The van der Waals surface area contributed by atoms with Gasteiger partial charge in [-0.05, 0) is 70.1 Å². The summed E-state index contributed by atoms with van der Waals surface area (Å²) in [5.41, 5.74) is 1.41. The Morgan fingerprint density at radius 1 is 1.03 bits per heavy atom. The Bertz CT molecular complexity index is 1030. The lowest BCUT2D eigenvalue weighted by atomic mass is 10.2. The van der Waals surface area contributed by atoms with Gasteiger partial charge in [0.05, 0.1) is 24.8 Å². The molecule has 8 nitrogen and oxygen atoms in total. The summed E-state index contributed by atoms with van der Waals surface area (Å²) in [5.74, 6) is 0.379. The number of carbonyl (C=O) groups is 1. The molecule has 2 aromatic rings. The average Bonchev–Trinajstić information content (AvgIpc) is 3.34. The summed E-state index contributed by atoms with van der Waals surface area (Å²) in [6.45, 7) is 5.27. The highest BCUT2D eigenvalue weighted by atomic mass is 32.2. The molecule has 1 amide bonds. The third-order valence-corrected chi connectivity index (χ3v) is 7.49. The lowest BCUT2D eigenvalue weighted by Gasteiger charge is -2.25. The van der Waals surface area contributed by atoms with Gasteiger partial charge >= 0.3 is 0 Å². The summed E-state index contributed by atoms with van der Waals surface area (Å²) < 4.78 is 38.8. The number of methoxy groups -OCH3 is 2. The second-order valence-corrected chi connectivity index (χ2v) is 9.98. The van der Waals surface area contributed by atoms with Crippen molar-refractivity contribution in [1.82, 2.24) is 10.2 Å². The van der Waals surface area contributed by atoms with E-state index in [-0.39, 0.29) is 17.3 Å². The molecule has 9 heteroatoms. The van der Waals surface area contributed by atoms with Crippen LogP contribution in [0.5, 0.6) is 11.5 Å². The number of likely N-dealkylation sites (tertiary alicyclic amines) is 1. The van der Waals surface area contributed by atoms with Crippen molar-refractivity contribution >= 4 is 21.6 Å². The summed E-state index contributed by atoms with van der Waals surface area (Å²) in [4.78, 5) is 15.1. The molecule has 1 saturated heterocycles. The van der Waals surface area contributed by atoms with E-state index in [0.29, 0.717) is 23.7 Å². The molecule has 0 atom stereocenters. The number of ether oxygens (including phenoxy) is 2. The van der Waals surface area contributed by atoms with Crippen LogP contribution < -0.4 is 19.1 Å². The molecule has 1 aliphatic heterocycles. The van der Waals surface area contributed by atoms with Crippen LogP contribution in [-0.4, -0.2) is 66.2 Å². The van der Waals surface area contributed by atoms with Gasteiger partial charge in [0.2, 0.25) is 5.91 Å². The lowest BCUT2D eigenvalue weighted by molar-refractivity contribution is -0.119. The average molecular weight is 476 g/mol. The molecule has 0 radical (unpaired) electrons. The third kappa shape index (κ3) is 6.39. The monoisotopic (exact) mass is 475 g/mol. The van der Waals surface area contributed by atoms with Crippen molar-refractivity contribution in [3.8, 4) is 11.5 Å². The maximum absolute atomic E-state index is 13.6. The lowest BCUT2D eigenvalue weighted by Crippen LogP contribution is -2.41. The summed E-state index contributed by atoms with van der Waals surface area (Å²) in [7, 11) is -1.10. The van der Waals surface area contributed by atoms with Crippen LogP contribution in [0.4, 0.5) is 5.69 Å². The van der Waals surface area contributed by atoms with Crippen LogP contribution in [0.25, 0.3) is 0 Å². The highest BCUT2D eigenvalue weighted by Crippen LogP contribution is 2.32. The van der Waals surface area contributed by atoms with Crippen LogP contribution in [0.15, 0.2) is 47.4 Å². The largest absolute Gasteiger partial charge is 0.493 e. The number of hydrogen-bond acceptors (Lipinski definition) is 6. The van der Waals surface area contributed by atoms with Crippen LogP contribution >= 0.6 is 0 Å². The van der Waals surface area contributed by atoms with Crippen molar-refractivity contribution in [3.63, 3.8) is 0 Å². The molecule has 1 fully saturated rings. The van der Waals surface area contributed by atoms with E-state index >= 15 is 0 Å². The standard InChI is InChI=1S/C24H33N3O5S/c1-19-7-9-20(10-8-19)27(18-24(28)25-13-6-16-26-14-4-5-15-26)33(29,30)21-11-12-22(31-2)23(17-21)32-3/h7-12,17H,4-6,13-16,18H2,1-3H3,(H,25,28). The fourth-order valence-electron chi connectivity index (χ4n) is 3.85. The molecule has 0 unspecified atom stereocenters. The summed E-state index contributed by atoms with van der Waals surface area (Å²) >= 11 is 0. The number of aryl methyl sites for hydroxylation is 1. The van der Waals surface area contributed by atoms with Gasteiger partial charge in [-0.15, -0.1) is 0 Å². The molecule has 1 heterocycles. The number of benzene rings is 2.